The minimum atomic E-state index is -1.86. The van der Waals surface area contributed by atoms with Crippen LogP contribution in [0.3, 0.4) is 0 Å². The molecule has 1 atom stereocenters. The number of aliphatic hydroxyl groups is 2. The summed E-state index contributed by atoms with van der Waals surface area (Å²) in [5.41, 5.74) is -0.802. The SMILES string of the molecule is C=NN(N)CC(O)(CNC(=O)c1ccc(OCCO)c(OC)c1)c1ccc(OC)c(-c2ccc(F)c(Cl)c2)n1. The molecule has 0 saturated heterocycles. The molecule has 0 aliphatic heterocycles. The number of hydrogen-bond donors (Lipinski definition) is 4. The molecule has 208 valence electrons. The number of carbonyl (C=O) groups is 1. The first kappa shape index (κ1) is 29.6. The largest absolute Gasteiger partial charge is 0.494 e. The summed E-state index contributed by atoms with van der Waals surface area (Å²) < 4.78 is 29.8. The summed E-state index contributed by atoms with van der Waals surface area (Å²) in [6.45, 7) is 2.61. The van der Waals surface area contributed by atoms with Crippen LogP contribution in [0.5, 0.6) is 17.2 Å². The van der Waals surface area contributed by atoms with Crippen molar-refractivity contribution >= 4 is 24.2 Å². The molecule has 0 saturated carbocycles. The normalized spacial score (nSPS) is 12.3. The topological polar surface area (TPSA) is 152 Å². The average Bonchev–Trinajstić information content (AvgIpc) is 2.95. The second-order valence-electron chi connectivity index (χ2n) is 8.27. The van der Waals surface area contributed by atoms with E-state index in [-0.39, 0.29) is 54.0 Å². The number of carbonyl (C=O) groups excluding carboxylic acids is 1. The van der Waals surface area contributed by atoms with Crippen molar-refractivity contribution in [1.82, 2.24) is 15.4 Å². The number of nitrogens with one attached hydrogen (secondary N) is 1. The van der Waals surface area contributed by atoms with E-state index in [4.69, 9.17) is 36.8 Å². The van der Waals surface area contributed by atoms with E-state index in [1.165, 1.54) is 56.7 Å². The molecule has 1 aromatic heterocycles. The summed E-state index contributed by atoms with van der Waals surface area (Å²) in [6.07, 6.45) is 0. The number of amides is 1. The first-order valence-electron chi connectivity index (χ1n) is 11.6. The number of benzene rings is 2. The molecule has 0 aliphatic carbocycles. The Morgan fingerprint density at radius 3 is 2.54 bits per heavy atom. The number of nitrogens with two attached hydrogens (primary N) is 1. The Balaban J connectivity index is 1.94. The minimum absolute atomic E-state index is 0.0584. The number of hydrogen-bond acceptors (Lipinski definition) is 10. The Morgan fingerprint density at radius 2 is 1.90 bits per heavy atom. The highest BCUT2D eigenvalue weighted by molar-refractivity contribution is 6.31. The van der Waals surface area contributed by atoms with Crippen LogP contribution in [0.4, 0.5) is 4.39 Å². The third kappa shape index (κ3) is 7.12. The van der Waals surface area contributed by atoms with Crippen molar-refractivity contribution in [3.05, 3.63) is 70.6 Å². The molecule has 0 fully saturated rings. The smallest absolute Gasteiger partial charge is 0.251 e. The van der Waals surface area contributed by atoms with Crippen LogP contribution in [0, 0.1) is 5.82 Å². The van der Waals surface area contributed by atoms with Gasteiger partial charge in [0.15, 0.2) is 11.5 Å². The van der Waals surface area contributed by atoms with Gasteiger partial charge in [0.2, 0.25) is 0 Å². The first-order chi connectivity index (χ1) is 18.6. The number of hydrazone groups is 1. The van der Waals surface area contributed by atoms with Crippen molar-refractivity contribution in [1.29, 1.82) is 0 Å². The number of hydrazine groups is 1. The molecule has 0 radical (unpaired) electrons. The van der Waals surface area contributed by atoms with Gasteiger partial charge in [0, 0.05) is 17.8 Å². The number of aliphatic hydroxyl groups excluding tert-OH is 1. The molecule has 39 heavy (non-hydrogen) atoms. The summed E-state index contributed by atoms with van der Waals surface area (Å²) in [5, 5.41) is 27.7. The molecule has 1 unspecified atom stereocenters. The molecule has 0 bridgehead atoms. The fraction of sp³-hybridized carbons (Fsp3) is 0.269. The maximum Gasteiger partial charge on any atom is 0.251 e. The zero-order valence-electron chi connectivity index (χ0n) is 21.4. The molecular formula is C26H29ClFN5O6. The minimum Gasteiger partial charge on any atom is -0.494 e. The van der Waals surface area contributed by atoms with Crippen LogP contribution in [0.2, 0.25) is 5.02 Å². The van der Waals surface area contributed by atoms with E-state index in [1.807, 2.05) is 0 Å². The summed E-state index contributed by atoms with van der Waals surface area (Å²) in [7, 11) is 2.86. The summed E-state index contributed by atoms with van der Waals surface area (Å²) >= 11 is 5.96. The zero-order valence-corrected chi connectivity index (χ0v) is 22.1. The fourth-order valence-electron chi connectivity index (χ4n) is 3.68. The van der Waals surface area contributed by atoms with Crippen molar-refractivity contribution in [2.45, 2.75) is 5.60 Å². The summed E-state index contributed by atoms with van der Waals surface area (Å²) in [4.78, 5) is 17.6. The van der Waals surface area contributed by atoms with Crippen LogP contribution in [0.25, 0.3) is 11.3 Å². The number of ether oxygens (including phenoxy) is 3. The summed E-state index contributed by atoms with van der Waals surface area (Å²) in [6, 6.07) is 11.6. The Labute approximate surface area is 229 Å². The highest BCUT2D eigenvalue weighted by atomic mass is 35.5. The van der Waals surface area contributed by atoms with Gasteiger partial charge < -0.3 is 29.7 Å². The van der Waals surface area contributed by atoms with Gasteiger partial charge in [-0.1, -0.05) is 11.6 Å². The van der Waals surface area contributed by atoms with Crippen molar-refractivity contribution in [2.24, 2.45) is 10.9 Å². The predicted molar refractivity (Wildman–Crippen MR) is 143 cm³/mol. The number of aromatic nitrogens is 1. The number of halogens is 2. The van der Waals surface area contributed by atoms with E-state index >= 15 is 0 Å². The molecule has 1 amide bonds. The Bertz CT molecular complexity index is 1330. The van der Waals surface area contributed by atoms with E-state index in [9.17, 15) is 14.3 Å². The van der Waals surface area contributed by atoms with Gasteiger partial charge in [0.05, 0.1) is 44.6 Å². The maximum absolute atomic E-state index is 13.8. The van der Waals surface area contributed by atoms with Gasteiger partial charge in [-0.05, 0) is 48.5 Å². The molecule has 13 heteroatoms. The molecule has 0 aliphatic rings. The van der Waals surface area contributed by atoms with E-state index in [0.717, 1.165) is 5.12 Å². The molecule has 0 spiro atoms. The second-order valence-corrected chi connectivity index (χ2v) is 8.67. The lowest BCUT2D eigenvalue weighted by atomic mass is 9.97. The van der Waals surface area contributed by atoms with Gasteiger partial charge in [-0.2, -0.15) is 5.10 Å². The van der Waals surface area contributed by atoms with Crippen LogP contribution in [-0.4, -0.2) is 73.5 Å². The van der Waals surface area contributed by atoms with Crippen LogP contribution < -0.4 is 25.4 Å². The Kier molecular flexibility index (Phi) is 10.0. The summed E-state index contributed by atoms with van der Waals surface area (Å²) in [5.74, 6) is 5.67. The quantitative estimate of drug-likeness (QED) is 0.140. The number of pyridine rings is 1. The highest BCUT2D eigenvalue weighted by Gasteiger charge is 2.34. The van der Waals surface area contributed by atoms with Crippen LogP contribution in [0.15, 0.2) is 53.6 Å². The van der Waals surface area contributed by atoms with Gasteiger partial charge in [-0.25, -0.2) is 20.3 Å². The molecular weight excluding hydrogens is 533 g/mol. The Morgan fingerprint density at radius 1 is 1.18 bits per heavy atom. The van der Waals surface area contributed by atoms with Crippen molar-refractivity contribution < 1.29 is 33.6 Å². The van der Waals surface area contributed by atoms with Crippen LogP contribution in [0.1, 0.15) is 16.1 Å². The van der Waals surface area contributed by atoms with Gasteiger partial charge in [-0.3, -0.25) is 4.79 Å². The molecule has 2 aromatic carbocycles. The van der Waals surface area contributed by atoms with Crippen LogP contribution in [-0.2, 0) is 5.60 Å². The number of nitrogens with zero attached hydrogens (tertiary/aromatic N) is 3. The van der Waals surface area contributed by atoms with E-state index < -0.39 is 17.3 Å². The average molecular weight is 562 g/mol. The molecule has 3 rings (SSSR count). The molecule has 3 aromatic rings. The van der Waals surface area contributed by atoms with E-state index in [2.05, 4.69) is 22.1 Å². The van der Waals surface area contributed by atoms with Crippen LogP contribution >= 0.6 is 11.6 Å². The second kappa shape index (κ2) is 13.2. The molecule has 5 N–H and O–H groups in total. The third-order valence-electron chi connectivity index (χ3n) is 5.67. The lowest BCUT2D eigenvalue weighted by Crippen LogP contribution is -2.49. The van der Waals surface area contributed by atoms with E-state index in [0.29, 0.717) is 17.1 Å². The van der Waals surface area contributed by atoms with E-state index in [1.54, 1.807) is 6.07 Å². The fourth-order valence-corrected chi connectivity index (χ4v) is 3.86. The lowest BCUT2D eigenvalue weighted by Gasteiger charge is -2.31. The molecule has 1 heterocycles. The first-order valence-corrected chi connectivity index (χ1v) is 12.0. The zero-order chi connectivity index (χ0) is 28.6. The van der Waals surface area contributed by atoms with Gasteiger partial charge >= 0.3 is 0 Å². The lowest BCUT2D eigenvalue weighted by molar-refractivity contribution is -0.00292. The highest BCUT2D eigenvalue weighted by Crippen LogP contribution is 2.33. The number of methoxy groups -OCH3 is 2. The van der Waals surface area contributed by atoms with Gasteiger partial charge in [0.1, 0.15) is 29.5 Å². The number of rotatable bonds is 13. The predicted octanol–water partition coefficient (Wildman–Crippen LogP) is 2.34. The van der Waals surface area contributed by atoms with Crippen molar-refractivity contribution in [2.75, 3.05) is 40.5 Å². The maximum atomic E-state index is 13.8. The standard InChI is InChI=1S/C26H29ClFN5O6/c1-30-33(29)15-26(36,14-31-25(35)17-5-7-20(39-11-10-34)22(13-17)38-3)23-9-8-21(37-2)24(32-23)16-4-6-19(28)18(27)12-16/h4-9,12-13,34,36H,1,10-11,14-15,29H2,2-3H3,(H,31,35). The van der Waals surface area contributed by atoms with Gasteiger partial charge in [-0.15, -0.1) is 0 Å². The Hall–Kier alpha value is -3.97. The molecule has 11 nitrogen and oxygen atoms in total. The van der Waals surface area contributed by atoms with Crippen molar-refractivity contribution in [3.63, 3.8) is 0 Å². The van der Waals surface area contributed by atoms with Crippen molar-refractivity contribution in [3.8, 4) is 28.5 Å². The monoisotopic (exact) mass is 561 g/mol. The van der Waals surface area contributed by atoms with Gasteiger partial charge in [0.25, 0.3) is 5.91 Å². The third-order valence-corrected chi connectivity index (χ3v) is 5.96.